The van der Waals surface area contributed by atoms with Crippen LogP contribution in [0.2, 0.25) is 0 Å². The number of aromatic nitrogens is 5. The fourth-order valence-electron chi connectivity index (χ4n) is 3.76. The third kappa shape index (κ3) is 3.22. The van der Waals surface area contributed by atoms with Gasteiger partial charge in [0.15, 0.2) is 5.82 Å². The van der Waals surface area contributed by atoms with Crippen molar-refractivity contribution in [2.75, 3.05) is 36.0 Å². The minimum Gasteiger partial charge on any atom is -0.507 e. The lowest BCUT2D eigenvalue weighted by Crippen LogP contribution is -2.47. The van der Waals surface area contributed by atoms with E-state index in [0.717, 1.165) is 54.5 Å². The van der Waals surface area contributed by atoms with Crippen molar-refractivity contribution in [2.24, 2.45) is 0 Å². The molecule has 3 aromatic heterocycles. The van der Waals surface area contributed by atoms with E-state index in [1.165, 1.54) is 0 Å². The van der Waals surface area contributed by atoms with Crippen LogP contribution in [0.1, 0.15) is 5.69 Å². The zero-order chi connectivity index (χ0) is 19.8. The van der Waals surface area contributed by atoms with Gasteiger partial charge < -0.3 is 19.9 Å². The maximum absolute atomic E-state index is 10.2. The maximum atomic E-state index is 10.2. The molecule has 146 valence electrons. The van der Waals surface area contributed by atoms with Gasteiger partial charge in [-0.3, -0.25) is 0 Å². The second kappa shape index (κ2) is 7.05. The average Bonchev–Trinajstić information content (AvgIpc) is 3.23. The van der Waals surface area contributed by atoms with Crippen molar-refractivity contribution in [1.29, 1.82) is 0 Å². The molecular formula is C21H21N7O. The van der Waals surface area contributed by atoms with Crippen molar-refractivity contribution in [3.05, 3.63) is 54.6 Å². The van der Waals surface area contributed by atoms with E-state index >= 15 is 0 Å². The SMILES string of the molecule is Cc1cc(N2CCN(c3ncnc4[nH]ccc34)CC2)nc(-c2ccccc2O)n1. The van der Waals surface area contributed by atoms with Crippen LogP contribution in [0.4, 0.5) is 11.6 Å². The number of fused-ring (bicyclic) bond motifs is 1. The summed E-state index contributed by atoms with van der Waals surface area (Å²) in [7, 11) is 0. The molecule has 1 aliphatic heterocycles. The van der Waals surface area contributed by atoms with Crippen LogP contribution in [0, 0.1) is 6.92 Å². The van der Waals surface area contributed by atoms with Crippen molar-refractivity contribution in [2.45, 2.75) is 6.92 Å². The minimum atomic E-state index is 0.188. The Bertz CT molecular complexity index is 1160. The number of aryl methyl sites for hydroxylation is 1. The second-order valence-electron chi connectivity index (χ2n) is 7.12. The number of H-pyrrole nitrogens is 1. The minimum absolute atomic E-state index is 0.188. The Morgan fingerprint density at radius 3 is 2.59 bits per heavy atom. The highest BCUT2D eigenvalue weighted by atomic mass is 16.3. The Kier molecular flexibility index (Phi) is 4.23. The number of benzene rings is 1. The van der Waals surface area contributed by atoms with Gasteiger partial charge in [0.05, 0.1) is 10.9 Å². The zero-order valence-corrected chi connectivity index (χ0v) is 16.1. The van der Waals surface area contributed by atoms with Crippen LogP contribution in [-0.2, 0) is 0 Å². The fraction of sp³-hybridized carbons (Fsp3) is 0.238. The van der Waals surface area contributed by atoms with Crippen LogP contribution in [-0.4, -0.2) is 56.2 Å². The van der Waals surface area contributed by atoms with Crippen molar-refractivity contribution in [1.82, 2.24) is 24.9 Å². The lowest BCUT2D eigenvalue weighted by atomic mass is 10.2. The van der Waals surface area contributed by atoms with Gasteiger partial charge in [-0.05, 0) is 25.1 Å². The van der Waals surface area contributed by atoms with Gasteiger partial charge in [-0.25, -0.2) is 19.9 Å². The van der Waals surface area contributed by atoms with E-state index in [1.54, 1.807) is 18.5 Å². The number of rotatable bonds is 3. The Labute approximate surface area is 167 Å². The molecule has 2 N–H and O–H groups in total. The molecule has 29 heavy (non-hydrogen) atoms. The van der Waals surface area contributed by atoms with Crippen LogP contribution in [0.5, 0.6) is 5.75 Å². The van der Waals surface area contributed by atoms with E-state index in [0.29, 0.717) is 11.4 Å². The van der Waals surface area contributed by atoms with Crippen molar-refractivity contribution in [3.8, 4) is 17.1 Å². The van der Waals surface area contributed by atoms with Crippen LogP contribution >= 0.6 is 0 Å². The van der Waals surface area contributed by atoms with Gasteiger partial charge in [-0.2, -0.15) is 0 Å². The molecule has 4 aromatic rings. The number of aromatic hydroxyl groups is 1. The summed E-state index contributed by atoms with van der Waals surface area (Å²) in [6, 6.07) is 11.2. The maximum Gasteiger partial charge on any atom is 0.165 e. The summed E-state index contributed by atoms with van der Waals surface area (Å²) in [5.41, 5.74) is 2.38. The normalized spacial score (nSPS) is 14.5. The molecular weight excluding hydrogens is 366 g/mol. The molecule has 1 fully saturated rings. The van der Waals surface area contributed by atoms with Crippen LogP contribution in [0.15, 0.2) is 48.9 Å². The number of aromatic amines is 1. The van der Waals surface area contributed by atoms with E-state index in [2.05, 4.69) is 29.7 Å². The first-order valence-electron chi connectivity index (χ1n) is 9.61. The van der Waals surface area contributed by atoms with E-state index in [-0.39, 0.29) is 5.75 Å². The van der Waals surface area contributed by atoms with Gasteiger partial charge in [0.25, 0.3) is 0 Å². The number of nitrogens with one attached hydrogen (secondary N) is 1. The second-order valence-corrected chi connectivity index (χ2v) is 7.12. The molecule has 8 nitrogen and oxygen atoms in total. The first kappa shape index (κ1) is 17.4. The highest BCUT2D eigenvalue weighted by molar-refractivity contribution is 5.87. The van der Waals surface area contributed by atoms with Crippen molar-refractivity contribution >= 4 is 22.7 Å². The number of phenolic OH excluding ortho intramolecular Hbond substituents is 1. The lowest BCUT2D eigenvalue weighted by molar-refractivity contribution is 0.477. The molecule has 0 spiro atoms. The highest BCUT2D eigenvalue weighted by Gasteiger charge is 2.22. The van der Waals surface area contributed by atoms with Gasteiger partial charge in [0.1, 0.15) is 29.4 Å². The third-order valence-electron chi connectivity index (χ3n) is 5.22. The van der Waals surface area contributed by atoms with Crippen LogP contribution < -0.4 is 9.80 Å². The summed E-state index contributed by atoms with van der Waals surface area (Å²) in [4.78, 5) is 25.7. The number of hydrogen-bond donors (Lipinski definition) is 2. The summed E-state index contributed by atoms with van der Waals surface area (Å²) in [6.07, 6.45) is 3.50. The molecule has 0 amide bonds. The quantitative estimate of drug-likeness (QED) is 0.558. The number of hydrogen-bond acceptors (Lipinski definition) is 7. The molecule has 0 radical (unpaired) electrons. The molecule has 0 bridgehead atoms. The number of nitrogens with zero attached hydrogens (tertiary/aromatic N) is 6. The molecule has 1 aromatic carbocycles. The largest absolute Gasteiger partial charge is 0.507 e. The van der Waals surface area contributed by atoms with Gasteiger partial charge >= 0.3 is 0 Å². The molecule has 4 heterocycles. The Morgan fingerprint density at radius 1 is 0.966 bits per heavy atom. The molecule has 0 saturated carbocycles. The van der Waals surface area contributed by atoms with Crippen LogP contribution in [0.25, 0.3) is 22.4 Å². The first-order chi connectivity index (χ1) is 14.2. The molecule has 0 atom stereocenters. The first-order valence-corrected chi connectivity index (χ1v) is 9.61. The van der Waals surface area contributed by atoms with E-state index in [1.807, 2.05) is 37.4 Å². The average molecular weight is 387 g/mol. The standard InChI is InChI=1S/C21H21N7O/c1-14-12-18(26-20(25-14)15-4-2-3-5-17(15)29)27-8-10-28(11-9-27)21-16-6-7-22-19(16)23-13-24-21/h2-7,12-13,29H,8-11H2,1H3,(H,22,23,24). The number of para-hydroxylation sites is 1. The molecule has 1 aliphatic rings. The summed E-state index contributed by atoms with van der Waals surface area (Å²) < 4.78 is 0. The van der Waals surface area contributed by atoms with Gasteiger partial charge in [-0.1, -0.05) is 12.1 Å². The molecule has 0 unspecified atom stereocenters. The van der Waals surface area contributed by atoms with Gasteiger partial charge in [0.2, 0.25) is 0 Å². The number of anilines is 2. The van der Waals surface area contributed by atoms with E-state index in [9.17, 15) is 5.11 Å². The Morgan fingerprint density at radius 2 is 1.76 bits per heavy atom. The number of piperazine rings is 1. The van der Waals surface area contributed by atoms with Crippen molar-refractivity contribution < 1.29 is 5.11 Å². The third-order valence-corrected chi connectivity index (χ3v) is 5.22. The fourth-order valence-corrected chi connectivity index (χ4v) is 3.76. The highest BCUT2D eigenvalue weighted by Crippen LogP contribution is 2.29. The molecule has 1 saturated heterocycles. The summed E-state index contributed by atoms with van der Waals surface area (Å²) in [5, 5.41) is 11.2. The topological polar surface area (TPSA) is 94.1 Å². The molecule has 5 rings (SSSR count). The lowest BCUT2D eigenvalue weighted by Gasteiger charge is -2.36. The number of phenols is 1. The van der Waals surface area contributed by atoms with E-state index < -0.39 is 0 Å². The van der Waals surface area contributed by atoms with Crippen molar-refractivity contribution in [3.63, 3.8) is 0 Å². The smallest absolute Gasteiger partial charge is 0.165 e. The Hall–Kier alpha value is -3.68. The predicted molar refractivity (Wildman–Crippen MR) is 112 cm³/mol. The van der Waals surface area contributed by atoms with E-state index in [4.69, 9.17) is 4.98 Å². The van der Waals surface area contributed by atoms with Crippen LogP contribution in [0.3, 0.4) is 0 Å². The summed E-state index contributed by atoms with van der Waals surface area (Å²) in [5.74, 6) is 2.58. The summed E-state index contributed by atoms with van der Waals surface area (Å²) in [6.45, 7) is 5.28. The zero-order valence-electron chi connectivity index (χ0n) is 16.1. The van der Waals surface area contributed by atoms with Gasteiger partial charge in [-0.15, -0.1) is 0 Å². The molecule has 8 heteroatoms. The Balaban J connectivity index is 1.38. The monoisotopic (exact) mass is 387 g/mol. The van der Waals surface area contributed by atoms with Gasteiger partial charge in [0, 0.05) is 44.1 Å². The summed E-state index contributed by atoms with van der Waals surface area (Å²) >= 11 is 0. The predicted octanol–water partition coefficient (Wildman–Crippen LogP) is 2.76. The molecule has 0 aliphatic carbocycles.